The molecule has 0 saturated heterocycles. The summed E-state index contributed by atoms with van der Waals surface area (Å²) in [6, 6.07) is 13.1. The van der Waals surface area contributed by atoms with E-state index < -0.39 is 0 Å². The Morgan fingerprint density at radius 1 is 1.16 bits per heavy atom. The van der Waals surface area contributed by atoms with E-state index >= 15 is 0 Å². The molecule has 0 atom stereocenters. The van der Waals surface area contributed by atoms with Gasteiger partial charge in [-0.05, 0) is 41.3 Å². The molecule has 0 fully saturated rings. The van der Waals surface area contributed by atoms with Crippen LogP contribution in [-0.4, -0.2) is 0 Å². The van der Waals surface area contributed by atoms with Crippen LogP contribution in [0.25, 0.3) is 0 Å². The van der Waals surface area contributed by atoms with Crippen LogP contribution in [0.15, 0.2) is 42.5 Å². The van der Waals surface area contributed by atoms with Crippen molar-refractivity contribution in [2.45, 2.75) is 26.3 Å². The van der Waals surface area contributed by atoms with E-state index in [1.165, 1.54) is 11.6 Å². The molecular formula is C16H17ClFN. The van der Waals surface area contributed by atoms with E-state index in [1.807, 2.05) is 18.2 Å². The Balaban J connectivity index is 2.05. The number of nitrogens with one attached hydrogen (secondary N) is 1. The van der Waals surface area contributed by atoms with Crippen LogP contribution in [0.3, 0.4) is 0 Å². The average Bonchev–Trinajstić information content (AvgIpc) is 2.40. The predicted molar refractivity (Wildman–Crippen MR) is 79.3 cm³/mol. The normalized spacial score (nSPS) is 10.8. The van der Waals surface area contributed by atoms with Crippen LogP contribution in [-0.2, 0) is 6.54 Å². The van der Waals surface area contributed by atoms with Gasteiger partial charge in [0.05, 0.1) is 5.02 Å². The average molecular weight is 278 g/mol. The van der Waals surface area contributed by atoms with Crippen LogP contribution in [0.2, 0.25) is 5.02 Å². The Hall–Kier alpha value is -1.54. The van der Waals surface area contributed by atoms with E-state index in [0.717, 1.165) is 11.3 Å². The summed E-state index contributed by atoms with van der Waals surface area (Å²) >= 11 is 5.66. The fraction of sp³-hybridized carbons (Fsp3) is 0.250. The van der Waals surface area contributed by atoms with E-state index in [9.17, 15) is 4.39 Å². The first-order chi connectivity index (χ1) is 9.06. The van der Waals surface area contributed by atoms with E-state index in [0.29, 0.717) is 12.5 Å². The highest BCUT2D eigenvalue weighted by molar-refractivity contribution is 6.30. The molecule has 0 saturated carbocycles. The zero-order valence-corrected chi connectivity index (χ0v) is 11.8. The topological polar surface area (TPSA) is 12.0 Å². The maximum absolute atomic E-state index is 13.3. The van der Waals surface area contributed by atoms with Crippen LogP contribution in [0.1, 0.15) is 30.9 Å². The lowest BCUT2D eigenvalue weighted by Crippen LogP contribution is -2.00. The van der Waals surface area contributed by atoms with Crippen molar-refractivity contribution in [3.05, 3.63) is 64.4 Å². The molecule has 0 aliphatic rings. The molecule has 2 aromatic rings. The third-order valence-corrected chi connectivity index (χ3v) is 3.34. The molecule has 0 aromatic heterocycles. The van der Waals surface area contributed by atoms with E-state index in [4.69, 9.17) is 11.6 Å². The van der Waals surface area contributed by atoms with Gasteiger partial charge in [0, 0.05) is 12.2 Å². The van der Waals surface area contributed by atoms with E-state index in [1.54, 1.807) is 6.07 Å². The lowest BCUT2D eigenvalue weighted by Gasteiger charge is -2.10. The summed E-state index contributed by atoms with van der Waals surface area (Å²) in [6.07, 6.45) is 0. The number of hydrogen-bond donors (Lipinski definition) is 1. The van der Waals surface area contributed by atoms with Gasteiger partial charge in [-0.1, -0.05) is 43.6 Å². The zero-order valence-electron chi connectivity index (χ0n) is 11.1. The number of benzene rings is 2. The van der Waals surface area contributed by atoms with E-state index in [-0.39, 0.29) is 10.8 Å². The first kappa shape index (κ1) is 13.9. The third-order valence-electron chi connectivity index (χ3n) is 3.03. The van der Waals surface area contributed by atoms with Crippen LogP contribution >= 0.6 is 11.6 Å². The molecule has 100 valence electrons. The summed E-state index contributed by atoms with van der Waals surface area (Å²) in [5.74, 6) is 0.117. The maximum Gasteiger partial charge on any atom is 0.142 e. The molecule has 0 amide bonds. The van der Waals surface area contributed by atoms with Gasteiger partial charge in [-0.3, -0.25) is 0 Å². The van der Waals surface area contributed by atoms with Gasteiger partial charge in [0.1, 0.15) is 5.82 Å². The lowest BCUT2D eigenvalue weighted by molar-refractivity contribution is 0.626. The second kappa shape index (κ2) is 6.07. The Bertz CT molecular complexity index is 566. The van der Waals surface area contributed by atoms with E-state index in [2.05, 4.69) is 31.3 Å². The van der Waals surface area contributed by atoms with Crippen LogP contribution in [0.4, 0.5) is 10.1 Å². The molecule has 2 aromatic carbocycles. The summed E-state index contributed by atoms with van der Waals surface area (Å²) < 4.78 is 13.3. The highest BCUT2D eigenvalue weighted by Crippen LogP contribution is 2.20. The molecule has 19 heavy (non-hydrogen) atoms. The van der Waals surface area contributed by atoms with Crippen LogP contribution in [0.5, 0.6) is 0 Å². The van der Waals surface area contributed by atoms with Crippen molar-refractivity contribution in [1.82, 2.24) is 0 Å². The van der Waals surface area contributed by atoms with Crippen molar-refractivity contribution in [2.75, 3.05) is 5.32 Å². The minimum absolute atomic E-state index is 0.158. The molecular weight excluding hydrogens is 261 g/mol. The van der Waals surface area contributed by atoms with Gasteiger partial charge in [0.25, 0.3) is 0 Å². The van der Waals surface area contributed by atoms with Gasteiger partial charge < -0.3 is 5.32 Å². The molecule has 0 heterocycles. The van der Waals surface area contributed by atoms with Crippen LogP contribution in [0, 0.1) is 5.82 Å². The summed E-state index contributed by atoms with van der Waals surface area (Å²) in [4.78, 5) is 0. The second-order valence-corrected chi connectivity index (χ2v) is 5.29. The molecule has 2 rings (SSSR count). The monoisotopic (exact) mass is 277 g/mol. The number of anilines is 1. The van der Waals surface area contributed by atoms with Crippen molar-refractivity contribution in [3.8, 4) is 0 Å². The van der Waals surface area contributed by atoms with Gasteiger partial charge in [-0.25, -0.2) is 4.39 Å². The quantitative estimate of drug-likeness (QED) is 0.808. The molecule has 0 aliphatic carbocycles. The Morgan fingerprint density at radius 2 is 1.95 bits per heavy atom. The Kier molecular flexibility index (Phi) is 4.43. The molecule has 3 heteroatoms. The summed E-state index contributed by atoms with van der Waals surface area (Å²) in [5, 5.41) is 3.45. The summed E-state index contributed by atoms with van der Waals surface area (Å²) in [5.41, 5.74) is 3.20. The molecule has 1 nitrogen and oxygen atoms in total. The van der Waals surface area contributed by atoms with Crippen molar-refractivity contribution in [3.63, 3.8) is 0 Å². The molecule has 0 bridgehead atoms. The number of hydrogen-bond acceptors (Lipinski definition) is 1. The third kappa shape index (κ3) is 3.71. The number of rotatable bonds is 4. The first-order valence-corrected chi connectivity index (χ1v) is 6.72. The maximum atomic E-state index is 13.3. The van der Waals surface area contributed by atoms with Crippen molar-refractivity contribution in [1.29, 1.82) is 0 Å². The SMILES string of the molecule is CC(C)c1cccc(NCc2ccc(Cl)c(F)c2)c1. The van der Waals surface area contributed by atoms with Gasteiger partial charge in [-0.15, -0.1) is 0 Å². The molecule has 0 radical (unpaired) electrons. The van der Waals surface area contributed by atoms with Gasteiger partial charge in [-0.2, -0.15) is 0 Å². The molecule has 1 N–H and O–H groups in total. The highest BCUT2D eigenvalue weighted by Gasteiger charge is 2.02. The predicted octanol–water partition coefficient (Wildman–Crippen LogP) is 5.21. The lowest BCUT2D eigenvalue weighted by atomic mass is 10.0. The van der Waals surface area contributed by atoms with Gasteiger partial charge in [0.2, 0.25) is 0 Å². The number of halogens is 2. The molecule has 0 spiro atoms. The van der Waals surface area contributed by atoms with Gasteiger partial charge in [0.15, 0.2) is 0 Å². The minimum atomic E-state index is -0.378. The summed E-state index contributed by atoms with van der Waals surface area (Å²) in [6.45, 7) is 4.90. The fourth-order valence-corrected chi connectivity index (χ4v) is 1.98. The van der Waals surface area contributed by atoms with Crippen molar-refractivity contribution >= 4 is 17.3 Å². The summed E-state index contributed by atoms with van der Waals surface area (Å²) in [7, 11) is 0. The zero-order chi connectivity index (χ0) is 13.8. The smallest absolute Gasteiger partial charge is 0.142 e. The fourth-order valence-electron chi connectivity index (χ4n) is 1.86. The Labute approximate surface area is 118 Å². The standard InChI is InChI=1S/C16H17ClFN/c1-11(2)13-4-3-5-14(9-13)19-10-12-6-7-15(17)16(18)8-12/h3-9,11,19H,10H2,1-2H3. The Morgan fingerprint density at radius 3 is 2.63 bits per heavy atom. The van der Waals surface area contributed by atoms with Crippen molar-refractivity contribution < 1.29 is 4.39 Å². The molecule has 0 unspecified atom stereocenters. The second-order valence-electron chi connectivity index (χ2n) is 4.88. The largest absolute Gasteiger partial charge is 0.381 e. The minimum Gasteiger partial charge on any atom is -0.381 e. The van der Waals surface area contributed by atoms with Crippen LogP contribution < -0.4 is 5.32 Å². The first-order valence-electron chi connectivity index (χ1n) is 6.34. The highest BCUT2D eigenvalue weighted by atomic mass is 35.5. The van der Waals surface area contributed by atoms with Crippen molar-refractivity contribution in [2.24, 2.45) is 0 Å². The van der Waals surface area contributed by atoms with Gasteiger partial charge >= 0.3 is 0 Å². The molecule has 0 aliphatic heterocycles.